The molecule has 0 saturated carbocycles. The highest BCUT2D eigenvalue weighted by atomic mass is 16.3. The van der Waals surface area contributed by atoms with Crippen molar-refractivity contribution in [3.63, 3.8) is 0 Å². The lowest BCUT2D eigenvalue weighted by Gasteiger charge is -2.20. The maximum Gasteiger partial charge on any atom is 0.252 e. The predicted octanol–water partition coefficient (Wildman–Crippen LogP) is 1.99. The second-order valence-electron chi connectivity index (χ2n) is 7.22. The highest BCUT2D eigenvalue weighted by Crippen LogP contribution is 2.22. The molecule has 0 aromatic heterocycles. The summed E-state index contributed by atoms with van der Waals surface area (Å²) >= 11 is 0. The molecule has 0 fully saturated rings. The number of aliphatic hydroxyl groups is 1. The number of aromatic hydroxyl groups is 1. The number of aliphatic hydroxyl groups excluding tert-OH is 1. The van der Waals surface area contributed by atoms with E-state index in [4.69, 9.17) is 5.73 Å². The van der Waals surface area contributed by atoms with E-state index in [-0.39, 0.29) is 17.2 Å². The molecule has 8 heteroatoms. The van der Waals surface area contributed by atoms with Crippen LogP contribution in [0.5, 0.6) is 5.75 Å². The number of carbonyl (C=O) groups excluding carboxylic acids is 2. The molecule has 0 aliphatic rings. The number of anilines is 2. The molecule has 162 valence electrons. The summed E-state index contributed by atoms with van der Waals surface area (Å²) in [5, 5.41) is 25.8. The van der Waals surface area contributed by atoms with Crippen LogP contribution in [0.15, 0.2) is 42.5 Å². The van der Waals surface area contributed by atoms with Crippen LogP contribution in [-0.4, -0.2) is 48.7 Å². The Morgan fingerprint density at radius 3 is 2.47 bits per heavy atom. The normalized spacial score (nSPS) is 11.7. The molecule has 0 bridgehead atoms. The van der Waals surface area contributed by atoms with Gasteiger partial charge in [0.2, 0.25) is 5.91 Å². The molecule has 1 unspecified atom stereocenters. The minimum Gasteiger partial charge on any atom is -0.507 e. The maximum absolute atomic E-state index is 11.3. The summed E-state index contributed by atoms with van der Waals surface area (Å²) in [5.41, 5.74) is 7.59. The SMILES string of the molecule is CC(=O)Nc1ccc(N(C)CCCCNCC(O)c2ccc(O)c(C(N)=O)c2)cc1. The van der Waals surface area contributed by atoms with Crippen LogP contribution in [0, 0.1) is 0 Å². The van der Waals surface area contributed by atoms with Crippen LogP contribution in [0.4, 0.5) is 11.4 Å². The Labute approximate surface area is 176 Å². The standard InChI is InChI=1S/C22H30N4O4/c1-15(27)25-17-6-8-18(9-7-17)26(2)12-4-3-11-24-14-21(29)16-5-10-20(28)19(13-16)22(23)30/h5-10,13,21,24,28-29H,3-4,11-12,14H2,1-2H3,(H2,23,30)(H,25,27). The summed E-state index contributed by atoms with van der Waals surface area (Å²) in [6.45, 7) is 3.44. The van der Waals surface area contributed by atoms with Crippen LogP contribution in [0.25, 0.3) is 0 Å². The van der Waals surface area contributed by atoms with Crippen LogP contribution < -0.4 is 21.3 Å². The number of amides is 2. The zero-order valence-corrected chi connectivity index (χ0v) is 17.4. The van der Waals surface area contributed by atoms with Crippen LogP contribution >= 0.6 is 0 Å². The van der Waals surface area contributed by atoms with Crippen LogP contribution in [0.2, 0.25) is 0 Å². The molecule has 0 saturated heterocycles. The van der Waals surface area contributed by atoms with E-state index >= 15 is 0 Å². The van der Waals surface area contributed by atoms with Crippen molar-refractivity contribution < 1.29 is 19.8 Å². The molecular weight excluding hydrogens is 384 g/mol. The molecule has 0 aliphatic carbocycles. The second-order valence-corrected chi connectivity index (χ2v) is 7.22. The van der Waals surface area contributed by atoms with Gasteiger partial charge in [-0.15, -0.1) is 0 Å². The lowest BCUT2D eigenvalue weighted by atomic mass is 10.0. The van der Waals surface area contributed by atoms with Gasteiger partial charge in [-0.3, -0.25) is 9.59 Å². The zero-order chi connectivity index (χ0) is 22.1. The molecule has 0 radical (unpaired) electrons. The van der Waals surface area contributed by atoms with Gasteiger partial charge in [-0.05, 0) is 61.3 Å². The minimum absolute atomic E-state index is 0.000283. The number of unbranched alkanes of at least 4 members (excludes halogenated alkanes) is 1. The van der Waals surface area contributed by atoms with Gasteiger partial charge in [0.1, 0.15) is 5.75 Å². The zero-order valence-electron chi connectivity index (χ0n) is 17.4. The number of nitrogens with two attached hydrogens (primary N) is 1. The maximum atomic E-state index is 11.3. The summed E-state index contributed by atoms with van der Waals surface area (Å²) in [6, 6.07) is 12.0. The van der Waals surface area contributed by atoms with Gasteiger partial charge in [0.25, 0.3) is 5.91 Å². The van der Waals surface area contributed by atoms with E-state index in [0.717, 1.165) is 37.3 Å². The van der Waals surface area contributed by atoms with Gasteiger partial charge in [0.05, 0.1) is 11.7 Å². The highest BCUT2D eigenvalue weighted by Gasteiger charge is 2.13. The fourth-order valence-electron chi connectivity index (χ4n) is 3.05. The summed E-state index contributed by atoms with van der Waals surface area (Å²) in [5.74, 6) is -1.02. The van der Waals surface area contributed by atoms with E-state index in [0.29, 0.717) is 12.1 Å². The fourth-order valence-corrected chi connectivity index (χ4v) is 3.05. The number of phenols is 1. The molecule has 2 aromatic rings. The van der Waals surface area contributed by atoms with E-state index in [2.05, 4.69) is 15.5 Å². The van der Waals surface area contributed by atoms with Crippen molar-refractivity contribution in [2.45, 2.75) is 25.9 Å². The molecule has 2 aromatic carbocycles. The number of nitrogens with zero attached hydrogens (tertiary/aromatic N) is 1. The minimum atomic E-state index is -0.798. The quantitative estimate of drug-likeness (QED) is 0.358. The third-order valence-electron chi connectivity index (χ3n) is 4.73. The van der Waals surface area contributed by atoms with Crippen molar-refractivity contribution in [3.8, 4) is 5.75 Å². The lowest BCUT2D eigenvalue weighted by Crippen LogP contribution is -2.24. The van der Waals surface area contributed by atoms with Crippen molar-refractivity contribution in [2.75, 3.05) is 36.9 Å². The average molecular weight is 415 g/mol. The Bertz CT molecular complexity index is 855. The first-order chi connectivity index (χ1) is 14.3. The first-order valence-corrected chi connectivity index (χ1v) is 9.88. The van der Waals surface area contributed by atoms with Gasteiger partial charge in [-0.2, -0.15) is 0 Å². The van der Waals surface area contributed by atoms with Crippen molar-refractivity contribution >= 4 is 23.2 Å². The van der Waals surface area contributed by atoms with Crippen LogP contribution in [0.1, 0.15) is 41.8 Å². The van der Waals surface area contributed by atoms with Crippen molar-refractivity contribution in [1.82, 2.24) is 5.32 Å². The Kier molecular flexibility index (Phi) is 8.64. The number of hydrogen-bond donors (Lipinski definition) is 5. The summed E-state index contributed by atoms with van der Waals surface area (Å²) in [6.07, 6.45) is 1.11. The largest absolute Gasteiger partial charge is 0.507 e. The number of hydrogen-bond acceptors (Lipinski definition) is 6. The summed E-state index contributed by atoms with van der Waals surface area (Å²) in [7, 11) is 2.02. The van der Waals surface area contributed by atoms with E-state index in [1.807, 2.05) is 31.3 Å². The van der Waals surface area contributed by atoms with E-state index in [1.54, 1.807) is 6.07 Å². The Morgan fingerprint density at radius 2 is 1.83 bits per heavy atom. The van der Waals surface area contributed by atoms with Gasteiger partial charge in [-0.1, -0.05) is 6.07 Å². The van der Waals surface area contributed by atoms with Crippen molar-refractivity contribution in [2.24, 2.45) is 5.73 Å². The van der Waals surface area contributed by atoms with Gasteiger partial charge in [-0.25, -0.2) is 0 Å². The van der Waals surface area contributed by atoms with Gasteiger partial charge in [0, 0.05) is 38.4 Å². The molecule has 2 rings (SSSR count). The van der Waals surface area contributed by atoms with Crippen LogP contribution in [-0.2, 0) is 4.79 Å². The molecule has 0 heterocycles. The van der Waals surface area contributed by atoms with Crippen molar-refractivity contribution in [1.29, 1.82) is 0 Å². The van der Waals surface area contributed by atoms with E-state index in [1.165, 1.54) is 19.1 Å². The molecule has 8 nitrogen and oxygen atoms in total. The molecular formula is C22H30N4O4. The van der Waals surface area contributed by atoms with Gasteiger partial charge < -0.3 is 31.5 Å². The molecule has 1 atom stereocenters. The average Bonchev–Trinajstić information content (AvgIpc) is 2.70. The van der Waals surface area contributed by atoms with Crippen molar-refractivity contribution in [3.05, 3.63) is 53.6 Å². The highest BCUT2D eigenvalue weighted by molar-refractivity contribution is 5.95. The van der Waals surface area contributed by atoms with Crippen LogP contribution in [0.3, 0.4) is 0 Å². The van der Waals surface area contributed by atoms with Gasteiger partial charge in [0.15, 0.2) is 0 Å². The van der Waals surface area contributed by atoms with Gasteiger partial charge >= 0.3 is 0 Å². The smallest absolute Gasteiger partial charge is 0.252 e. The monoisotopic (exact) mass is 414 g/mol. The number of carbonyl (C=O) groups is 2. The topological polar surface area (TPSA) is 128 Å². The lowest BCUT2D eigenvalue weighted by molar-refractivity contribution is -0.114. The number of nitrogens with one attached hydrogen (secondary N) is 2. The number of benzene rings is 2. The Hall–Kier alpha value is -3.10. The Balaban J connectivity index is 1.68. The third-order valence-corrected chi connectivity index (χ3v) is 4.73. The molecule has 6 N–H and O–H groups in total. The number of primary amides is 1. The summed E-state index contributed by atoms with van der Waals surface area (Å²) < 4.78 is 0. The molecule has 2 amide bonds. The first kappa shape index (κ1) is 23.2. The second kappa shape index (κ2) is 11.2. The fraction of sp³-hybridized carbons (Fsp3) is 0.364. The summed E-state index contributed by atoms with van der Waals surface area (Å²) in [4.78, 5) is 24.5. The van der Waals surface area contributed by atoms with E-state index in [9.17, 15) is 19.8 Å². The third kappa shape index (κ3) is 7.06. The molecule has 0 aliphatic heterocycles. The molecule has 30 heavy (non-hydrogen) atoms. The first-order valence-electron chi connectivity index (χ1n) is 9.88. The predicted molar refractivity (Wildman–Crippen MR) is 118 cm³/mol. The number of rotatable bonds is 11. The molecule has 0 spiro atoms. The van der Waals surface area contributed by atoms with E-state index < -0.39 is 12.0 Å². The Morgan fingerprint density at radius 1 is 1.13 bits per heavy atom.